The van der Waals surface area contributed by atoms with Crippen molar-refractivity contribution >= 4 is 35.6 Å². The Kier molecular flexibility index (Phi) is 8.36. The molecule has 0 spiro atoms. The number of allylic oxidation sites excluding steroid dienone is 1. The number of carboxylic acid groups (broad SMARTS) is 1. The van der Waals surface area contributed by atoms with E-state index >= 15 is 0 Å². The first kappa shape index (κ1) is 31.4. The lowest BCUT2D eigenvalue weighted by Crippen LogP contribution is -2.30. The molecule has 4 aliphatic heterocycles. The molecule has 6 N–H and O–H groups in total. The Morgan fingerprint density at radius 1 is 1.09 bits per heavy atom. The summed E-state index contributed by atoms with van der Waals surface area (Å²) in [5.41, 5.74) is 9.99. The Morgan fingerprint density at radius 3 is 2.40 bits per heavy atom. The van der Waals surface area contributed by atoms with Crippen LogP contribution in [0.25, 0.3) is 6.08 Å². The van der Waals surface area contributed by atoms with Gasteiger partial charge in [0.25, 0.3) is 5.91 Å². The predicted molar refractivity (Wildman–Crippen MR) is 169 cm³/mol. The third-order valence-electron chi connectivity index (χ3n) is 9.74. The second-order valence-electron chi connectivity index (χ2n) is 12.6. The van der Waals surface area contributed by atoms with Gasteiger partial charge in [0.15, 0.2) is 0 Å². The lowest BCUT2D eigenvalue weighted by atomic mass is 9.91. The number of amides is 2. The maximum absolute atomic E-state index is 12.6. The number of aromatic nitrogens is 2. The number of aliphatic carboxylic acids is 1. The quantitative estimate of drug-likeness (QED) is 0.143. The van der Waals surface area contributed by atoms with E-state index in [4.69, 9.17) is 9.78 Å². The van der Waals surface area contributed by atoms with Crippen molar-refractivity contribution in [2.24, 2.45) is 11.8 Å². The van der Waals surface area contributed by atoms with Gasteiger partial charge in [0.2, 0.25) is 5.91 Å². The molecular weight excluding hydrogens is 596 g/mol. The van der Waals surface area contributed by atoms with E-state index in [0.717, 1.165) is 62.1 Å². The Balaban J connectivity index is 1.35. The highest BCUT2D eigenvalue weighted by Crippen LogP contribution is 2.46. The molecule has 2 aromatic rings. The zero-order valence-corrected chi connectivity index (χ0v) is 26.8. The molecule has 0 unspecified atom stereocenters. The Bertz CT molecular complexity index is 1640. The second kappa shape index (κ2) is 12.0. The van der Waals surface area contributed by atoms with Crippen molar-refractivity contribution in [3.63, 3.8) is 0 Å². The standard InChI is InChI=1S/C33H40N4O7S/c1-6-19-15(2)24(36-32(19)41)11-22-17(4)21(9-10-33(42)43-44-33)26(34-22)13-25-20(7-8-29(38)39)16(3)23(35-25)12-27-30(28-14-45-28)18(5)31(40)37-27/h6,12,18,24,28,30,34-35,42H,1,7-11,13-14H2,2-5H3,(H,36,41)(H,37,40)(H,38,39)/b27-12-/t18-,24-,28-,30-/m1/s1. The minimum absolute atomic E-state index is 0.0149. The molecule has 0 radical (unpaired) electrons. The molecule has 0 saturated carbocycles. The molecule has 0 bridgehead atoms. The molecule has 0 aromatic carbocycles. The van der Waals surface area contributed by atoms with Crippen molar-refractivity contribution in [2.45, 2.75) is 83.5 Å². The SMILES string of the molecule is C=CC1=C(C)[C@@H](Cc2[nH]c(Cc3[nH]c(/C=C4\NC(=O)[C@H](C)[C@H]4[C@H]4CS4)c(C)c3CCC(=O)O)c(CCC3(O)OO3)c2C)NC1=O. The molecule has 3 saturated heterocycles. The summed E-state index contributed by atoms with van der Waals surface area (Å²) in [6.45, 7) is 11.7. The van der Waals surface area contributed by atoms with E-state index in [-0.39, 0.29) is 42.5 Å². The molecule has 2 aromatic heterocycles. The molecule has 240 valence electrons. The van der Waals surface area contributed by atoms with E-state index in [0.29, 0.717) is 36.5 Å². The number of hydrogen-bond donors (Lipinski definition) is 6. The van der Waals surface area contributed by atoms with E-state index in [2.05, 4.69) is 27.2 Å². The first-order valence-corrected chi connectivity index (χ1v) is 16.4. The fourth-order valence-electron chi connectivity index (χ4n) is 6.85. The van der Waals surface area contributed by atoms with Crippen LogP contribution >= 0.6 is 11.8 Å². The van der Waals surface area contributed by atoms with Crippen LogP contribution in [0.5, 0.6) is 0 Å². The molecular formula is C33H40N4O7S. The van der Waals surface area contributed by atoms with Crippen LogP contribution in [-0.4, -0.2) is 61.0 Å². The van der Waals surface area contributed by atoms with E-state index in [1.54, 1.807) is 6.08 Å². The maximum atomic E-state index is 12.6. The van der Waals surface area contributed by atoms with Crippen LogP contribution < -0.4 is 10.6 Å². The Labute approximate surface area is 265 Å². The van der Waals surface area contributed by atoms with Gasteiger partial charge in [-0.2, -0.15) is 21.5 Å². The highest BCUT2D eigenvalue weighted by atomic mass is 32.2. The molecule has 3 fully saturated rings. The minimum Gasteiger partial charge on any atom is -0.481 e. The lowest BCUT2D eigenvalue weighted by Gasteiger charge is -2.12. The van der Waals surface area contributed by atoms with Crippen LogP contribution in [0.2, 0.25) is 0 Å². The number of carbonyl (C=O) groups excluding carboxylic acids is 2. The van der Waals surface area contributed by atoms with E-state index in [1.807, 2.05) is 45.5 Å². The summed E-state index contributed by atoms with van der Waals surface area (Å²) in [5, 5.41) is 26.3. The van der Waals surface area contributed by atoms with Crippen LogP contribution in [0.1, 0.15) is 71.7 Å². The molecule has 12 heteroatoms. The van der Waals surface area contributed by atoms with Gasteiger partial charge < -0.3 is 30.8 Å². The fraction of sp³-hybridized carbons (Fsp3) is 0.485. The van der Waals surface area contributed by atoms with E-state index in [1.165, 1.54) is 0 Å². The summed E-state index contributed by atoms with van der Waals surface area (Å²) in [5.74, 6) is -1.50. The number of thioether (sulfide) groups is 1. The third-order valence-corrected chi connectivity index (χ3v) is 10.7. The third kappa shape index (κ3) is 6.29. The number of aromatic amines is 2. The normalized spacial score (nSPS) is 26.0. The van der Waals surface area contributed by atoms with Crippen LogP contribution in [0.3, 0.4) is 0 Å². The zero-order valence-electron chi connectivity index (χ0n) is 26.0. The first-order chi connectivity index (χ1) is 21.4. The van der Waals surface area contributed by atoms with Crippen LogP contribution in [-0.2, 0) is 49.8 Å². The van der Waals surface area contributed by atoms with Crippen molar-refractivity contribution in [1.82, 2.24) is 20.6 Å². The number of rotatable bonds is 13. The van der Waals surface area contributed by atoms with Gasteiger partial charge in [0.1, 0.15) is 0 Å². The van der Waals surface area contributed by atoms with Gasteiger partial charge in [-0.3, -0.25) is 14.4 Å². The molecule has 6 rings (SSSR count). The molecule has 6 heterocycles. The van der Waals surface area contributed by atoms with Crippen LogP contribution in [0, 0.1) is 25.7 Å². The number of carbonyl (C=O) groups is 3. The van der Waals surface area contributed by atoms with Crippen LogP contribution in [0.15, 0.2) is 29.5 Å². The molecule has 2 amide bonds. The highest BCUT2D eigenvalue weighted by Gasteiger charge is 2.47. The number of hydrogen-bond acceptors (Lipinski definition) is 7. The monoisotopic (exact) mass is 636 g/mol. The van der Waals surface area contributed by atoms with Gasteiger partial charge in [-0.25, -0.2) is 0 Å². The Hall–Kier alpha value is -3.58. The summed E-state index contributed by atoms with van der Waals surface area (Å²) in [6, 6.07) is -0.179. The first-order valence-electron chi connectivity index (χ1n) is 15.4. The molecule has 11 nitrogen and oxygen atoms in total. The summed E-state index contributed by atoms with van der Waals surface area (Å²) in [6.07, 6.45) is 5.67. The number of aliphatic hydroxyl groups is 1. The van der Waals surface area contributed by atoms with E-state index < -0.39 is 11.9 Å². The molecule has 45 heavy (non-hydrogen) atoms. The maximum Gasteiger partial charge on any atom is 0.338 e. The van der Waals surface area contributed by atoms with Crippen molar-refractivity contribution in [3.05, 3.63) is 74.5 Å². The van der Waals surface area contributed by atoms with Crippen molar-refractivity contribution in [1.29, 1.82) is 0 Å². The number of carboxylic acids is 1. The van der Waals surface area contributed by atoms with Gasteiger partial charge in [-0.1, -0.05) is 19.6 Å². The van der Waals surface area contributed by atoms with Gasteiger partial charge >= 0.3 is 11.9 Å². The predicted octanol–water partition coefficient (Wildman–Crippen LogP) is 3.49. The van der Waals surface area contributed by atoms with E-state index in [9.17, 15) is 24.6 Å². The van der Waals surface area contributed by atoms with Gasteiger partial charge in [-0.05, 0) is 67.5 Å². The van der Waals surface area contributed by atoms with Gasteiger partial charge in [-0.15, -0.1) is 0 Å². The van der Waals surface area contributed by atoms with Crippen LogP contribution in [0.4, 0.5) is 0 Å². The average molecular weight is 637 g/mol. The average Bonchev–Trinajstić information content (AvgIpc) is 3.86. The summed E-state index contributed by atoms with van der Waals surface area (Å²) in [4.78, 5) is 53.4. The largest absolute Gasteiger partial charge is 0.481 e. The van der Waals surface area contributed by atoms with Gasteiger partial charge in [0, 0.05) is 82.6 Å². The smallest absolute Gasteiger partial charge is 0.338 e. The second-order valence-corrected chi connectivity index (χ2v) is 13.8. The number of H-pyrrole nitrogens is 2. The Morgan fingerprint density at radius 2 is 1.78 bits per heavy atom. The van der Waals surface area contributed by atoms with Crippen molar-refractivity contribution < 1.29 is 34.4 Å². The minimum atomic E-state index is -1.59. The number of nitrogens with one attached hydrogen (secondary N) is 4. The molecule has 0 aliphatic carbocycles. The van der Waals surface area contributed by atoms with Gasteiger partial charge in [0.05, 0.1) is 6.04 Å². The van der Waals surface area contributed by atoms with Crippen molar-refractivity contribution in [2.75, 3.05) is 5.75 Å². The topological polar surface area (TPSA) is 172 Å². The summed E-state index contributed by atoms with van der Waals surface area (Å²) in [7, 11) is 0. The molecule has 4 aliphatic rings. The highest BCUT2D eigenvalue weighted by molar-refractivity contribution is 8.06. The summed E-state index contributed by atoms with van der Waals surface area (Å²) < 4.78 is 0. The molecule has 4 atom stereocenters. The fourth-order valence-corrected chi connectivity index (χ4v) is 7.76. The zero-order chi connectivity index (χ0) is 32.2. The lowest BCUT2D eigenvalue weighted by molar-refractivity contribution is -0.137. The summed E-state index contributed by atoms with van der Waals surface area (Å²) >= 11 is 1.86. The van der Waals surface area contributed by atoms with Crippen molar-refractivity contribution in [3.8, 4) is 0 Å².